The zero-order chi connectivity index (χ0) is 7.40. The van der Waals surface area contributed by atoms with Crippen LogP contribution in [0, 0.1) is 0 Å². The normalized spacial score (nSPS) is 10.2. The molecule has 1 aromatic heterocycles. The van der Waals surface area contributed by atoms with Gasteiger partial charge in [-0.05, 0) is 6.42 Å². The smallest absolute Gasteiger partial charge is 0.194 e. The van der Waals surface area contributed by atoms with Gasteiger partial charge < -0.3 is 9.52 Å². The lowest BCUT2D eigenvalue weighted by Gasteiger charge is -1.85. The molecule has 0 spiro atoms. The van der Waals surface area contributed by atoms with Crippen molar-refractivity contribution in [3.63, 3.8) is 0 Å². The van der Waals surface area contributed by atoms with Crippen LogP contribution in [0.2, 0.25) is 0 Å². The molecule has 0 aliphatic heterocycles. The number of aryl methyl sites for hydroxylation is 1. The summed E-state index contributed by atoms with van der Waals surface area (Å²) in [7, 11) is 0. The molecule has 1 rings (SSSR count). The third-order valence-electron chi connectivity index (χ3n) is 1.23. The van der Waals surface area contributed by atoms with Crippen molar-refractivity contribution in [2.75, 3.05) is 0 Å². The third kappa shape index (κ3) is 1.57. The average Bonchev–Trinajstić information content (AvgIpc) is 2.37. The maximum Gasteiger partial charge on any atom is 0.194 e. The van der Waals surface area contributed by atoms with Crippen molar-refractivity contribution in [3.05, 3.63) is 17.8 Å². The molecule has 0 radical (unpaired) electrons. The van der Waals surface area contributed by atoms with Crippen molar-refractivity contribution in [3.8, 4) is 0 Å². The second kappa shape index (κ2) is 3.37. The first-order valence-electron chi connectivity index (χ1n) is 3.41. The van der Waals surface area contributed by atoms with Crippen LogP contribution in [0.1, 0.15) is 24.9 Å². The van der Waals surface area contributed by atoms with Crippen LogP contribution in [0.25, 0.3) is 0 Å². The molecule has 0 bridgehead atoms. The Morgan fingerprint density at radius 3 is 3.00 bits per heavy atom. The van der Waals surface area contributed by atoms with E-state index in [-0.39, 0.29) is 6.61 Å². The summed E-state index contributed by atoms with van der Waals surface area (Å²) in [6.45, 7) is 2.02. The summed E-state index contributed by atoms with van der Waals surface area (Å²) in [6.07, 6.45) is 3.36. The zero-order valence-electron chi connectivity index (χ0n) is 6.00. The van der Waals surface area contributed by atoms with Gasteiger partial charge in [0.15, 0.2) is 5.89 Å². The highest BCUT2D eigenvalue weighted by molar-refractivity contribution is 4.94. The van der Waals surface area contributed by atoms with E-state index in [1.54, 1.807) is 0 Å². The molecule has 3 nitrogen and oxygen atoms in total. The number of hydrogen-bond donors (Lipinski definition) is 1. The number of aliphatic hydroxyl groups excluding tert-OH is 1. The van der Waals surface area contributed by atoms with Crippen LogP contribution in [0.3, 0.4) is 0 Å². The summed E-state index contributed by atoms with van der Waals surface area (Å²) in [5, 5.41) is 8.60. The second-order valence-electron chi connectivity index (χ2n) is 2.14. The molecule has 0 aliphatic carbocycles. The van der Waals surface area contributed by atoms with Gasteiger partial charge in [-0.3, -0.25) is 0 Å². The fourth-order valence-electron chi connectivity index (χ4n) is 0.750. The van der Waals surface area contributed by atoms with E-state index in [2.05, 4.69) is 11.9 Å². The van der Waals surface area contributed by atoms with E-state index >= 15 is 0 Å². The van der Waals surface area contributed by atoms with Gasteiger partial charge in [-0.1, -0.05) is 6.92 Å². The molecule has 56 valence electrons. The van der Waals surface area contributed by atoms with Gasteiger partial charge in [-0.2, -0.15) is 0 Å². The Morgan fingerprint density at radius 1 is 1.70 bits per heavy atom. The van der Waals surface area contributed by atoms with Gasteiger partial charge in [-0.25, -0.2) is 4.98 Å². The summed E-state index contributed by atoms with van der Waals surface area (Å²) in [4.78, 5) is 4.00. The molecular weight excluding hydrogens is 130 g/mol. The van der Waals surface area contributed by atoms with Crippen LogP contribution in [0.15, 0.2) is 10.7 Å². The predicted octanol–water partition coefficient (Wildman–Crippen LogP) is 1.12. The first-order valence-corrected chi connectivity index (χ1v) is 3.41. The van der Waals surface area contributed by atoms with Crippen LogP contribution >= 0.6 is 0 Å². The van der Waals surface area contributed by atoms with Crippen molar-refractivity contribution in [1.29, 1.82) is 0 Å². The number of oxazole rings is 1. The summed E-state index contributed by atoms with van der Waals surface area (Å²) in [6, 6.07) is 0. The van der Waals surface area contributed by atoms with Gasteiger partial charge in [-0.15, -0.1) is 0 Å². The van der Waals surface area contributed by atoms with Crippen molar-refractivity contribution in [1.82, 2.24) is 4.98 Å². The summed E-state index contributed by atoms with van der Waals surface area (Å²) in [5.41, 5.74) is 0.614. The fourth-order valence-corrected chi connectivity index (χ4v) is 0.750. The molecule has 10 heavy (non-hydrogen) atoms. The van der Waals surface area contributed by atoms with Gasteiger partial charge in [0.2, 0.25) is 0 Å². The first-order chi connectivity index (χ1) is 4.86. The summed E-state index contributed by atoms with van der Waals surface area (Å²) in [5.74, 6) is 0.714. The molecule has 0 saturated carbocycles. The van der Waals surface area contributed by atoms with Crippen molar-refractivity contribution < 1.29 is 9.52 Å². The monoisotopic (exact) mass is 141 g/mol. The molecule has 0 aliphatic rings. The van der Waals surface area contributed by atoms with Crippen LogP contribution in [0.5, 0.6) is 0 Å². The molecule has 0 saturated heterocycles. The lowest BCUT2D eigenvalue weighted by Crippen LogP contribution is -1.85. The van der Waals surface area contributed by atoms with E-state index in [4.69, 9.17) is 9.52 Å². The van der Waals surface area contributed by atoms with Gasteiger partial charge >= 0.3 is 0 Å². The van der Waals surface area contributed by atoms with Gasteiger partial charge in [0, 0.05) is 6.42 Å². The highest BCUT2D eigenvalue weighted by Crippen LogP contribution is 2.03. The standard InChI is InChI=1S/C7H11NO2/c1-2-3-7-8-6(4-9)5-10-7/h5,9H,2-4H2,1H3. The number of aromatic nitrogens is 1. The quantitative estimate of drug-likeness (QED) is 0.686. The maximum absolute atomic E-state index is 8.60. The molecule has 0 fully saturated rings. The van der Waals surface area contributed by atoms with Crippen molar-refractivity contribution in [2.24, 2.45) is 0 Å². The van der Waals surface area contributed by atoms with E-state index in [1.807, 2.05) is 0 Å². The number of nitrogens with zero attached hydrogens (tertiary/aromatic N) is 1. The Morgan fingerprint density at radius 2 is 2.50 bits per heavy atom. The summed E-state index contributed by atoms with van der Waals surface area (Å²) < 4.78 is 5.02. The Balaban J connectivity index is 2.59. The minimum atomic E-state index is -0.0345. The minimum absolute atomic E-state index is 0.0345. The molecule has 0 amide bonds. The van der Waals surface area contributed by atoms with Crippen LogP contribution < -0.4 is 0 Å². The lowest BCUT2D eigenvalue weighted by atomic mass is 10.3. The number of rotatable bonds is 3. The third-order valence-corrected chi connectivity index (χ3v) is 1.23. The molecule has 0 aromatic carbocycles. The van der Waals surface area contributed by atoms with Gasteiger partial charge in [0.25, 0.3) is 0 Å². The highest BCUT2D eigenvalue weighted by Gasteiger charge is 1.99. The topological polar surface area (TPSA) is 46.3 Å². The van der Waals surface area contributed by atoms with E-state index in [0.29, 0.717) is 11.6 Å². The predicted molar refractivity (Wildman–Crippen MR) is 36.4 cm³/mol. The van der Waals surface area contributed by atoms with E-state index in [9.17, 15) is 0 Å². The highest BCUT2D eigenvalue weighted by atomic mass is 16.3. The zero-order valence-corrected chi connectivity index (χ0v) is 6.00. The summed E-state index contributed by atoms with van der Waals surface area (Å²) >= 11 is 0. The van der Waals surface area contributed by atoms with E-state index in [0.717, 1.165) is 12.8 Å². The van der Waals surface area contributed by atoms with E-state index < -0.39 is 0 Å². The molecule has 3 heteroatoms. The van der Waals surface area contributed by atoms with Crippen molar-refractivity contribution >= 4 is 0 Å². The molecule has 0 unspecified atom stereocenters. The molecule has 0 atom stereocenters. The average molecular weight is 141 g/mol. The SMILES string of the molecule is CCCc1nc(CO)co1. The lowest BCUT2D eigenvalue weighted by molar-refractivity contribution is 0.276. The van der Waals surface area contributed by atoms with E-state index in [1.165, 1.54) is 6.26 Å². The van der Waals surface area contributed by atoms with Gasteiger partial charge in [0.1, 0.15) is 12.0 Å². The molecular formula is C7H11NO2. The minimum Gasteiger partial charge on any atom is -0.449 e. The Kier molecular flexibility index (Phi) is 2.45. The van der Waals surface area contributed by atoms with Crippen LogP contribution in [0.4, 0.5) is 0 Å². The maximum atomic E-state index is 8.60. The first kappa shape index (κ1) is 7.28. The molecule has 1 heterocycles. The van der Waals surface area contributed by atoms with Crippen LogP contribution in [-0.4, -0.2) is 10.1 Å². The number of hydrogen-bond acceptors (Lipinski definition) is 3. The second-order valence-corrected chi connectivity index (χ2v) is 2.14. The molecule has 1 aromatic rings. The van der Waals surface area contributed by atoms with Crippen LogP contribution in [-0.2, 0) is 13.0 Å². The van der Waals surface area contributed by atoms with Crippen molar-refractivity contribution in [2.45, 2.75) is 26.4 Å². The number of aliphatic hydroxyl groups is 1. The van der Waals surface area contributed by atoms with Gasteiger partial charge in [0.05, 0.1) is 6.61 Å². The fraction of sp³-hybridized carbons (Fsp3) is 0.571. The molecule has 1 N–H and O–H groups in total. The Bertz CT molecular complexity index is 195. The Labute approximate surface area is 59.7 Å². The Hall–Kier alpha value is -0.830. The largest absolute Gasteiger partial charge is 0.449 e.